The Hall–Kier alpha value is -1.12. The predicted octanol–water partition coefficient (Wildman–Crippen LogP) is 4.71. The summed E-state index contributed by atoms with van der Waals surface area (Å²) in [7, 11) is 0. The summed E-state index contributed by atoms with van der Waals surface area (Å²) < 4.78 is 0. The molecule has 1 aliphatic rings. The third kappa shape index (κ3) is 2.47. The lowest BCUT2D eigenvalue weighted by Crippen LogP contribution is -2.19. The van der Waals surface area contributed by atoms with Crippen molar-refractivity contribution in [3.8, 4) is 11.1 Å². The summed E-state index contributed by atoms with van der Waals surface area (Å²) >= 11 is 1.83. The van der Waals surface area contributed by atoms with E-state index in [1.165, 1.54) is 46.4 Å². The van der Waals surface area contributed by atoms with Crippen molar-refractivity contribution in [2.75, 3.05) is 6.54 Å². The molecule has 19 heavy (non-hydrogen) atoms. The molecule has 1 atom stereocenters. The molecule has 1 aromatic carbocycles. The van der Waals surface area contributed by atoms with E-state index in [1.54, 1.807) is 0 Å². The quantitative estimate of drug-likeness (QED) is 0.849. The molecule has 0 bridgehead atoms. The maximum atomic E-state index is 3.66. The van der Waals surface area contributed by atoms with Gasteiger partial charge in [-0.25, -0.2) is 0 Å². The topological polar surface area (TPSA) is 12.0 Å². The highest BCUT2D eigenvalue weighted by Gasteiger charge is 2.22. The third-order valence-electron chi connectivity index (χ3n) is 4.03. The molecule has 0 radical (unpaired) electrons. The Bertz CT molecular complexity index is 570. The maximum Gasteiger partial charge on any atom is 0.0326 e. The van der Waals surface area contributed by atoms with Crippen LogP contribution in [-0.2, 0) is 6.42 Å². The molecule has 0 saturated carbocycles. The van der Waals surface area contributed by atoms with Crippen molar-refractivity contribution >= 4 is 11.3 Å². The van der Waals surface area contributed by atoms with Gasteiger partial charge in [-0.3, -0.25) is 0 Å². The van der Waals surface area contributed by atoms with E-state index in [0.29, 0.717) is 6.04 Å². The second kappa shape index (κ2) is 5.48. The minimum Gasteiger partial charge on any atom is -0.310 e. The summed E-state index contributed by atoms with van der Waals surface area (Å²) in [5.74, 6) is 0. The van der Waals surface area contributed by atoms with Gasteiger partial charge in [0.05, 0.1) is 0 Å². The molecule has 1 aliphatic carbocycles. The number of rotatable bonds is 4. The van der Waals surface area contributed by atoms with Crippen LogP contribution in [0.25, 0.3) is 11.1 Å². The monoisotopic (exact) mass is 271 g/mol. The molecule has 0 fully saturated rings. The maximum absolute atomic E-state index is 3.66. The number of thiophene rings is 1. The molecule has 0 amide bonds. The molecule has 1 unspecified atom stereocenters. The number of aryl methyl sites for hydroxylation is 2. The molecular formula is C17H21NS. The van der Waals surface area contributed by atoms with E-state index >= 15 is 0 Å². The minimum absolute atomic E-state index is 0.576. The van der Waals surface area contributed by atoms with Crippen molar-refractivity contribution in [2.24, 2.45) is 0 Å². The summed E-state index contributed by atoms with van der Waals surface area (Å²) in [6, 6.07) is 9.84. The normalized spacial score (nSPS) is 17.7. The van der Waals surface area contributed by atoms with E-state index in [0.717, 1.165) is 6.54 Å². The highest BCUT2D eigenvalue weighted by Crippen LogP contribution is 2.35. The van der Waals surface area contributed by atoms with Crippen molar-refractivity contribution in [1.82, 2.24) is 5.32 Å². The molecule has 2 aromatic rings. The Labute approximate surface area is 119 Å². The van der Waals surface area contributed by atoms with Crippen molar-refractivity contribution in [2.45, 2.75) is 39.2 Å². The van der Waals surface area contributed by atoms with Crippen LogP contribution in [0.5, 0.6) is 0 Å². The van der Waals surface area contributed by atoms with Crippen LogP contribution in [0.1, 0.15) is 41.8 Å². The van der Waals surface area contributed by atoms with Crippen molar-refractivity contribution in [3.05, 3.63) is 45.6 Å². The first-order valence-electron chi connectivity index (χ1n) is 7.20. The summed E-state index contributed by atoms with van der Waals surface area (Å²) in [5.41, 5.74) is 5.84. The molecule has 1 aromatic heterocycles. The molecule has 1 nitrogen and oxygen atoms in total. The fraction of sp³-hybridized carbons (Fsp3) is 0.412. The molecule has 0 saturated heterocycles. The van der Waals surface area contributed by atoms with Gasteiger partial charge < -0.3 is 5.32 Å². The SMILES string of the molecule is CCCNC1CCc2cc(-c3ccsc3C)ccc21. The van der Waals surface area contributed by atoms with Gasteiger partial charge in [0.2, 0.25) is 0 Å². The van der Waals surface area contributed by atoms with Gasteiger partial charge in [-0.1, -0.05) is 25.1 Å². The average Bonchev–Trinajstić information content (AvgIpc) is 3.02. The van der Waals surface area contributed by atoms with E-state index in [4.69, 9.17) is 0 Å². The van der Waals surface area contributed by atoms with Crippen LogP contribution in [0.15, 0.2) is 29.6 Å². The molecule has 0 spiro atoms. The van der Waals surface area contributed by atoms with Crippen LogP contribution in [-0.4, -0.2) is 6.54 Å². The lowest BCUT2D eigenvalue weighted by Gasteiger charge is -2.13. The van der Waals surface area contributed by atoms with E-state index in [-0.39, 0.29) is 0 Å². The van der Waals surface area contributed by atoms with Crippen molar-refractivity contribution in [3.63, 3.8) is 0 Å². The molecule has 1 heterocycles. The lowest BCUT2D eigenvalue weighted by molar-refractivity contribution is 0.529. The predicted molar refractivity (Wildman–Crippen MR) is 83.8 cm³/mol. The molecule has 0 aliphatic heterocycles. The first-order chi connectivity index (χ1) is 9.29. The standard InChI is InChI=1S/C17H21NS/c1-3-9-18-17-7-5-14-11-13(4-6-16(14)17)15-8-10-19-12(15)2/h4,6,8,10-11,17-18H,3,5,7,9H2,1-2H3. The van der Waals surface area contributed by atoms with Crippen molar-refractivity contribution in [1.29, 1.82) is 0 Å². The zero-order chi connectivity index (χ0) is 13.2. The summed E-state index contributed by atoms with van der Waals surface area (Å²) in [4.78, 5) is 1.42. The third-order valence-corrected chi connectivity index (χ3v) is 4.88. The van der Waals surface area contributed by atoms with Crippen LogP contribution in [0.4, 0.5) is 0 Å². The van der Waals surface area contributed by atoms with Crippen LogP contribution in [0.2, 0.25) is 0 Å². The van der Waals surface area contributed by atoms with Crippen LogP contribution < -0.4 is 5.32 Å². The van der Waals surface area contributed by atoms with E-state index in [1.807, 2.05) is 11.3 Å². The number of benzene rings is 1. The number of fused-ring (bicyclic) bond motifs is 1. The Kier molecular flexibility index (Phi) is 3.72. The van der Waals surface area contributed by atoms with Gasteiger partial charge in [0.25, 0.3) is 0 Å². The highest BCUT2D eigenvalue weighted by atomic mass is 32.1. The fourth-order valence-corrected chi connectivity index (χ4v) is 3.72. The van der Waals surface area contributed by atoms with Crippen molar-refractivity contribution < 1.29 is 0 Å². The van der Waals surface area contributed by atoms with Gasteiger partial charge in [0.1, 0.15) is 0 Å². The van der Waals surface area contributed by atoms with Gasteiger partial charge in [0, 0.05) is 10.9 Å². The van der Waals surface area contributed by atoms with Crippen LogP contribution in [0, 0.1) is 6.92 Å². The van der Waals surface area contributed by atoms with Gasteiger partial charge in [-0.15, -0.1) is 11.3 Å². The number of hydrogen-bond acceptors (Lipinski definition) is 2. The molecular weight excluding hydrogens is 250 g/mol. The molecule has 3 rings (SSSR count). The Morgan fingerprint density at radius 2 is 2.21 bits per heavy atom. The molecule has 2 heteroatoms. The van der Waals surface area contributed by atoms with E-state index in [9.17, 15) is 0 Å². The average molecular weight is 271 g/mol. The zero-order valence-electron chi connectivity index (χ0n) is 11.7. The van der Waals surface area contributed by atoms with E-state index in [2.05, 4.69) is 48.8 Å². The summed E-state index contributed by atoms with van der Waals surface area (Å²) in [6.45, 7) is 5.56. The summed E-state index contributed by atoms with van der Waals surface area (Å²) in [5, 5.41) is 5.84. The first kappa shape index (κ1) is 12.9. The number of nitrogens with one attached hydrogen (secondary N) is 1. The fourth-order valence-electron chi connectivity index (χ4n) is 3.00. The van der Waals surface area contributed by atoms with Crippen LogP contribution >= 0.6 is 11.3 Å². The zero-order valence-corrected chi connectivity index (χ0v) is 12.5. The minimum atomic E-state index is 0.576. The second-order valence-corrected chi connectivity index (χ2v) is 6.47. The Balaban J connectivity index is 1.88. The van der Waals surface area contributed by atoms with Gasteiger partial charge in [-0.2, -0.15) is 0 Å². The lowest BCUT2D eigenvalue weighted by atomic mass is 10.0. The number of hydrogen-bond donors (Lipinski definition) is 1. The Morgan fingerprint density at radius 1 is 1.32 bits per heavy atom. The smallest absolute Gasteiger partial charge is 0.0326 e. The van der Waals surface area contributed by atoms with Gasteiger partial charge in [-0.05, 0) is 66.4 Å². The summed E-state index contributed by atoms with van der Waals surface area (Å²) in [6.07, 6.45) is 3.67. The highest BCUT2D eigenvalue weighted by molar-refractivity contribution is 7.10. The largest absolute Gasteiger partial charge is 0.310 e. The first-order valence-corrected chi connectivity index (χ1v) is 8.08. The Morgan fingerprint density at radius 3 is 2.95 bits per heavy atom. The van der Waals surface area contributed by atoms with E-state index < -0.39 is 0 Å². The van der Waals surface area contributed by atoms with Gasteiger partial charge >= 0.3 is 0 Å². The second-order valence-electron chi connectivity index (χ2n) is 5.35. The molecule has 100 valence electrons. The molecule has 1 N–H and O–H groups in total. The van der Waals surface area contributed by atoms with Crippen LogP contribution in [0.3, 0.4) is 0 Å². The van der Waals surface area contributed by atoms with Gasteiger partial charge in [0.15, 0.2) is 0 Å².